The van der Waals surface area contributed by atoms with Crippen molar-refractivity contribution >= 4 is 27.5 Å². The van der Waals surface area contributed by atoms with Crippen LogP contribution in [0.3, 0.4) is 0 Å². The summed E-state index contributed by atoms with van der Waals surface area (Å²) in [6, 6.07) is 10.1. The molecule has 0 N–H and O–H groups in total. The number of rotatable bonds is 6. The largest absolute Gasteiger partial charge is 0.490 e. The Morgan fingerprint density at radius 1 is 1.00 bits per heavy atom. The molecule has 0 saturated carbocycles. The lowest BCUT2D eigenvalue weighted by Gasteiger charge is -2.35. The van der Waals surface area contributed by atoms with Crippen LogP contribution in [-0.2, 0) is 10.0 Å². The molecule has 168 valence electrons. The SMILES string of the molecule is COc1ccc(S(=O)(=O)N2CCN(CN3C(=O)c4ccccc4C3=O)CC2)cc1[N+](=O)[O-]. The molecule has 1 fully saturated rings. The number of carbonyl (C=O) groups excluding carboxylic acids is 2. The molecular formula is C20H20N4O7S. The number of imide groups is 1. The van der Waals surface area contributed by atoms with Crippen molar-refractivity contribution in [3.8, 4) is 5.75 Å². The van der Waals surface area contributed by atoms with Gasteiger partial charge in [0.1, 0.15) is 0 Å². The molecule has 2 amide bonds. The molecule has 2 aliphatic heterocycles. The standard InChI is InChI=1S/C20H20N4O7S/c1-31-18-7-6-14(12-17(18)24(27)28)32(29,30)22-10-8-21(9-11-22)13-23-19(25)15-4-2-3-5-16(15)20(23)26/h2-7,12H,8-11,13H2,1H3. The number of hydrogen-bond acceptors (Lipinski definition) is 8. The lowest BCUT2D eigenvalue weighted by molar-refractivity contribution is -0.386. The summed E-state index contributed by atoms with van der Waals surface area (Å²) in [5, 5.41) is 11.2. The fourth-order valence-electron chi connectivity index (χ4n) is 3.80. The predicted molar refractivity (Wildman–Crippen MR) is 112 cm³/mol. The number of fused-ring (bicyclic) bond motifs is 1. The third-order valence-corrected chi connectivity index (χ3v) is 7.43. The molecular weight excluding hydrogens is 440 g/mol. The minimum Gasteiger partial charge on any atom is -0.490 e. The summed E-state index contributed by atoms with van der Waals surface area (Å²) >= 11 is 0. The number of hydrogen-bond donors (Lipinski definition) is 0. The van der Waals surface area contributed by atoms with Crippen molar-refractivity contribution in [2.75, 3.05) is 40.0 Å². The summed E-state index contributed by atoms with van der Waals surface area (Å²) in [4.78, 5) is 38.4. The Morgan fingerprint density at radius 3 is 2.12 bits per heavy atom. The van der Waals surface area contributed by atoms with E-state index >= 15 is 0 Å². The van der Waals surface area contributed by atoms with Gasteiger partial charge >= 0.3 is 5.69 Å². The first-order valence-corrected chi connectivity index (χ1v) is 11.2. The molecule has 0 spiro atoms. The van der Waals surface area contributed by atoms with Gasteiger partial charge in [-0.3, -0.25) is 29.5 Å². The van der Waals surface area contributed by atoms with Gasteiger partial charge in [0.05, 0.1) is 34.7 Å². The van der Waals surface area contributed by atoms with E-state index in [4.69, 9.17) is 4.74 Å². The number of methoxy groups -OCH3 is 1. The molecule has 0 unspecified atom stereocenters. The number of nitrogens with zero attached hydrogens (tertiary/aromatic N) is 4. The van der Waals surface area contributed by atoms with E-state index in [-0.39, 0.29) is 42.2 Å². The van der Waals surface area contributed by atoms with Gasteiger partial charge in [-0.05, 0) is 24.3 Å². The number of nitro benzene ring substituents is 1. The van der Waals surface area contributed by atoms with E-state index in [1.165, 1.54) is 23.5 Å². The van der Waals surface area contributed by atoms with E-state index in [0.29, 0.717) is 24.2 Å². The topological polar surface area (TPSA) is 130 Å². The average molecular weight is 460 g/mol. The smallest absolute Gasteiger partial charge is 0.312 e. The zero-order chi connectivity index (χ0) is 23.0. The normalized spacial score (nSPS) is 17.5. The molecule has 2 aromatic carbocycles. The number of nitro groups is 1. The highest BCUT2D eigenvalue weighted by Crippen LogP contribution is 2.31. The van der Waals surface area contributed by atoms with Crippen LogP contribution in [0.4, 0.5) is 5.69 Å². The van der Waals surface area contributed by atoms with Crippen LogP contribution in [0.5, 0.6) is 5.75 Å². The Hall–Kier alpha value is -3.35. The van der Waals surface area contributed by atoms with E-state index in [1.807, 2.05) is 4.90 Å². The van der Waals surface area contributed by atoms with Crippen LogP contribution in [0.2, 0.25) is 0 Å². The van der Waals surface area contributed by atoms with E-state index in [1.54, 1.807) is 24.3 Å². The summed E-state index contributed by atoms with van der Waals surface area (Å²) in [6.07, 6.45) is 0. The number of amides is 2. The summed E-state index contributed by atoms with van der Waals surface area (Å²) in [7, 11) is -2.69. The number of piperazine rings is 1. The zero-order valence-electron chi connectivity index (χ0n) is 17.1. The molecule has 0 atom stereocenters. The van der Waals surface area contributed by atoms with Crippen molar-refractivity contribution in [2.24, 2.45) is 0 Å². The van der Waals surface area contributed by atoms with Crippen LogP contribution < -0.4 is 4.74 Å². The van der Waals surface area contributed by atoms with Gasteiger partial charge in [0.15, 0.2) is 5.75 Å². The lowest BCUT2D eigenvalue weighted by Crippen LogP contribution is -2.52. The number of benzene rings is 2. The van der Waals surface area contributed by atoms with Crippen LogP contribution in [-0.4, -0.2) is 79.2 Å². The first-order chi connectivity index (χ1) is 15.2. The Balaban J connectivity index is 1.44. The van der Waals surface area contributed by atoms with Gasteiger partial charge in [-0.25, -0.2) is 8.42 Å². The van der Waals surface area contributed by atoms with Crippen LogP contribution in [0.1, 0.15) is 20.7 Å². The van der Waals surface area contributed by atoms with Crippen molar-refractivity contribution < 1.29 is 27.7 Å². The fourth-order valence-corrected chi connectivity index (χ4v) is 5.24. The monoisotopic (exact) mass is 460 g/mol. The van der Waals surface area contributed by atoms with Crippen molar-refractivity contribution in [2.45, 2.75) is 4.90 Å². The second kappa shape index (κ2) is 8.30. The highest BCUT2D eigenvalue weighted by Gasteiger charge is 2.37. The molecule has 12 heteroatoms. The van der Waals surface area contributed by atoms with Gasteiger partial charge in [-0.2, -0.15) is 4.31 Å². The molecule has 2 aliphatic rings. The first-order valence-electron chi connectivity index (χ1n) is 9.74. The molecule has 2 heterocycles. The van der Waals surface area contributed by atoms with Crippen molar-refractivity contribution in [1.82, 2.24) is 14.1 Å². The maximum Gasteiger partial charge on any atom is 0.312 e. The molecule has 1 saturated heterocycles. The van der Waals surface area contributed by atoms with Crippen molar-refractivity contribution in [3.05, 3.63) is 63.7 Å². The Labute approximate surface area is 184 Å². The van der Waals surface area contributed by atoms with Gasteiger partial charge in [0.25, 0.3) is 11.8 Å². The van der Waals surface area contributed by atoms with E-state index < -0.39 is 20.6 Å². The molecule has 32 heavy (non-hydrogen) atoms. The number of carbonyl (C=O) groups is 2. The molecule has 4 rings (SSSR count). The molecule has 0 aliphatic carbocycles. The van der Waals surface area contributed by atoms with Crippen molar-refractivity contribution in [1.29, 1.82) is 0 Å². The van der Waals surface area contributed by atoms with Crippen LogP contribution in [0, 0.1) is 10.1 Å². The number of sulfonamides is 1. The highest BCUT2D eigenvalue weighted by molar-refractivity contribution is 7.89. The highest BCUT2D eigenvalue weighted by atomic mass is 32.2. The first kappa shape index (κ1) is 21.9. The van der Waals surface area contributed by atoms with Gasteiger partial charge in [0.2, 0.25) is 10.0 Å². The van der Waals surface area contributed by atoms with E-state index in [0.717, 1.165) is 11.0 Å². The zero-order valence-corrected chi connectivity index (χ0v) is 17.9. The maximum atomic E-state index is 13.0. The molecule has 0 bridgehead atoms. The van der Waals surface area contributed by atoms with Gasteiger partial charge < -0.3 is 4.74 Å². The quantitative estimate of drug-likeness (QED) is 0.357. The summed E-state index contributed by atoms with van der Waals surface area (Å²) in [5.74, 6) is -0.767. The van der Waals surface area contributed by atoms with Gasteiger partial charge in [-0.15, -0.1) is 0 Å². The van der Waals surface area contributed by atoms with Crippen molar-refractivity contribution in [3.63, 3.8) is 0 Å². The lowest BCUT2D eigenvalue weighted by atomic mass is 10.1. The third-order valence-electron chi connectivity index (χ3n) is 5.54. The molecule has 11 nitrogen and oxygen atoms in total. The van der Waals surface area contributed by atoms with Crippen LogP contribution >= 0.6 is 0 Å². The second-order valence-electron chi connectivity index (χ2n) is 7.34. The van der Waals surface area contributed by atoms with E-state index in [9.17, 15) is 28.1 Å². The predicted octanol–water partition coefficient (Wildman–Crippen LogP) is 1.16. The fraction of sp³-hybridized carbons (Fsp3) is 0.300. The Kier molecular flexibility index (Phi) is 5.67. The Morgan fingerprint density at radius 2 is 1.59 bits per heavy atom. The summed E-state index contributed by atoms with van der Waals surface area (Å²) < 4.78 is 32.1. The average Bonchev–Trinajstić information content (AvgIpc) is 3.04. The molecule has 2 aromatic rings. The van der Waals surface area contributed by atoms with Gasteiger partial charge in [-0.1, -0.05) is 12.1 Å². The van der Waals surface area contributed by atoms with Crippen LogP contribution in [0.15, 0.2) is 47.4 Å². The van der Waals surface area contributed by atoms with Gasteiger partial charge in [0, 0.05) is 32.2 Å². The minimum absolute atomic E-state index is 0.0280. The Bertz CT molecular complexity index is 1170. The second-order valence-corrected chi connectivity index (χ2v) is 9.28. The molecule has 0 radical (unpaired) electrons. The maximum absolute atomic E-state index is 13.0. The summed E-state index contributed by atoms with van der Waals surface area (Å²) in [5.41, 5.74) is 0.289. The van der Waals surface area contributed by atoms with Crippen LogP contribution in [0.25, 0.3) is 0 Å². The van der Waals surface area contributed by atoms with E-state index in [2.05, 4.69) is 0 Å². The molecule has 0 aromatic heterocycles. The number of ether oxygens (including phenoxy) is 1. The third kappa shape index (κ3) is 3.72. The summed E-state index contributed by atoms with van der Waals surface area (Å²) in [6.45, 7) is 0.890. The minimum atomic E-state index is -3.96.